The maximum absolute atomic E-state index is 14.1. The number of rotatable bonds is 5. The summed E-state index contributed by atoms with van der Waals surface area (Å²) in [7, 11) is 0. The fraction of sp³-hybridized carbons (Fsp3) is 0.188. The normalized spacial score (nSPS) is 13.3. The van der Waals surface area contributed by atoms with Gasteiger partial charge in [-0.3, -0.25) is 15.1 Å². The van der Waals surface area contributed by atoms with Crippen LogP contribution in [0.4, 0.5) is 10.1 Å². The van der Waals surface area contributed by atoms with E-state index < -0.39 is 10.7 Å². The van der Waals surface area contributed by atoms with Crippen molar-refractivity contribution in [3.63, 3.8) is 0 Å². The molecule has 1 aliphatic rings. The molecular formula is C16H14FN3O3. The van der Waals surface area contributed by atoms with Crippen LogP contribution in [0.1, 0.15) is 11.1 Å². The van der Waals surface area contributed by atoms with Crippen molar-refractivity contribution in [3.05, 3.63) is 69.5 Å². The Morgan fingerprint density at radius 2 is 2.13 bits per heavy atom. The molecule has 0 spiro atoms. The molecule has 6 nitrogen and oxygen atoms in total. The Morgan fingerprint density at radius 1 is 1.30 bits per heavy atom. The average Bonchev–Trinajstić information content (AvgIpc) is 3.07. The lowest BCUT2D eigenvalue weighted by Crippen LogP contribution is -2.21. The average molecular weight is 315 g/mol. The lowest BCUT2D eigenvalue weighted by molar-refractivity contribution is -0.384. The van der Waals surface area contributed by atoms with Crippen LogP contribution >= 0.6 is 0 Å². The molecule has 7 heteroatoms. The number of hydrogen-bond donors (Lipinski definition) is 1. The van der Waals surface area contributed by atoms with E-state index >= 15 is 0 Å². The molecule has 1 aliphatic heterocycles. The highest BCUT2D eigenvalue weighted by molar-refractivity contribution is 6.02. The van der Waals surface area contributed by atoms with Gasteiger partial charge in [-0.05, 0) is 17.7 Å². The molecule has 0 aliphatic carbocycles. The number of nitro groups is 1. The van der Waals surface area contributed by atoms with Gasteiger partial charge in [0.1, 0.15) is 24.0 Å². The maximum atomic E-state index is 14.1. The van der Waals surface area contributed by atoms with Crippen molar-refractivity contribution < 1.29 is 14.1 Å². The molecule has 2 aromatic carbocycles. The Morgan fingerprint density at radius 3 is 2.87 bits per heavy atom. The monoisotopic (exact) mass is 315 g/mol. The highest BCUT2D eigenvalue weighted by Crippen LogP contribution is 2.24. The summed E-state index contributed by atoms with van der Waals surface area (Å²) in [5.41, 5.74) is 0.915. The standard InChI is InChI=1S/C16H14FN3O3/c17-13-5-2-6-14(15(13)16-18-7-8-19-16)23-10-11-3-1-4-12(9-11)20(21)22/h1-6,9H,7-8,10H2,(H,18,19). The molecule has 2 aromatic rings. The molecule has 23 heavy (non-hydrogen) atoms. The van der Waals surface area contributed by atoms with Gasteiger partial charge in [0.2, 0.25) is 0 Å². The first-order chi connectivity index (χ1) is 11.1. The largest absolute Gasteiger partial charge is 0.488 e. The smallest absolute Gasteiger partial charge is 0.269 e. The first kappa shape index (κ1) is 15.0. The van der Waals surface area contributed by atoms with Crippen LogP contribution in [0, 0.1) is 15.9 Å². The van der Waals surface area contributed by atoms with E-state index in [1.54, 1.807) is 24.3 Å². The minimum Gasteiger partial charge on any atom is -0.488 e. The third kappa shape index (κ3) is 3.28. The second-order valence-corrected chi connectivity index (χ2v) is 4.99. The van der Waals surface area contributed by atoms with Crippen LogP contribution in [0.2, 0.25) is 0 Å². The second-order valence-electron chi connectivity index (χ2n) is 4.99. The van der Waals surface area contributed by atoms with Crippen molar-refractivity contribution in [2.75, 3.05) is 13.1 Å². The molecule has 118 valence electrons. The van der Waals surface area contributed by atoms with E-state index in [2.05, 4.69) is 10.3 Å². The number of non-ortho nitro benzene ring substituents is 1. The second kappa shape index (κ2) is 6.43. The molecule has 0 saturated carbocycles. The van der Waals surface area contributed by atoms with Crippen LogP contribution < -0.4 is 10.1 Å². The number of amidine groups is 1. The van der Waals surface area contributed by atoms with E-state index in [4.69, 9.17) is 4.74 Å². The molecule has 0 radical (unpaired) electrons. The van der Waals surface area contributed by atoms with Gasteiger partial charge in [0.05, 0.1) is 17.0 Å². The summed E-state index contributed by atoms with van der Waals surface area (Å²) >= 11 is 0. The minimum atomic E-state index is -0.464. The number of benzene rings is 2. The molecule has 0 aromatic heterocycles. The summed E-state index contributed by atoms with van der Waals surface area (Å²) in [5.74, 6) is 0.400. The zero-order valence-electron chi connectivity index (χ0n) is 12.2. The highest BCUT2D eigenvalue weighted by Gasteiger charge is 2.18. The predicted octanol–water partition coefficient (Wildman–Crippen LogP) is 2.66. The molecule has 0 saturated heterocycles. The van der Waals surface area contributed by atoms with E-state index in [-0.39, 0.29) is 17.9 Å². The Bertz CT molecular complexity index is 777. The van der Waals surface area contributed by atoms with Crippen molar-refractivity contribution in [2.45, 2.75) is 6.61 Å². The molecule has 0 amide bonds. The van der Waals surface area contributed by atoms with Crippen molar-refractivity contribution in [2.24, 2.45) is 4.99 Å². The van der Waals surface area contributed by atoms with Gasteiger partial charge in [-0.25, -0.2) is 4.39 Å². The first-order valence-electron chi connectivity index (χ1n) is 7.08. The Labute approximate surface area is 131 Å². The van der Waals surface area contributed by atoms with Gasteiger partial charge in [0.25, 0.3) is 5.69 Å². The molecule has 1 heterocycles. The Balaban J connectivity index is 1.82. The van der Waals surface area contributed by atoms with Gasteiger partial charge < -0.3 is 10.1 Å². The van der Waals surface area contributed by atoms with Crippen LogP contribution in [0.25, 0.3) is 0 Å². The molecule has 0 unspecified atom stereocenters. The van der Waals surface area contributed by atoms with E-state index in [0.717, 1.165) is 0 Å². The zero-order chi connectivity index (χ0) is 16.2. The maximum Gasteiger partial charge on any atom is 0.269 e. The quantitative estimate of drug-likeness (QED) is 0.680. The van der Waals surface area contributed by atoms with Crippen molar-refractivity contribution in [1.82, 2.24) is 5.32 Å². The Hall–Kier alpha value is -2.96. The molecule has 0 atom stereocenters. The highest BCUT2D eigenvalue weighted by atomic mass is 19.1. The van der Waals surface area contributed by atoms with Crippen LogP contribution in [-0.4, -0.2) is 23.8 Å². The van der Waals surface area contributed by atoms with Gasteiger partial charge in [-0.15, -0.1) is 0 Å². The van der Waals surface area contributed by atoms with Crippen molar-refractivity contribution in [1.29, 1.82) is 0 Å². The third-order valence-electron chi connectivity index (χ3n) is 3.40. The first-order valence-corrected chi connectivity index (χ1v) is 7.08. The SMILES string of the molecule is O=[N+]([O-])c1cccc(COc2cccc(F)c2C2=NCCN2)c1. The summed E-state index contributed by atoms with van der Waals surface area (Å²) in [6.45, 7) is 1.35. The van der Waals surface area contributed by atoms with Crippen molar-refractivity contribution in [3.8, 4) is 5.75 Å². The summed E-state index contributed by atoms with van der Waals surface area (Å²) in [5, 5.41) is 13.8. The third-order valence-corrected chi connectivity index (χ3v) is 3.40. The lowest BCUT2D eigenvalue weighted by atomic mass is 10.1. The summed E-state index contributed by atoms with van der Waals surface area (Å²) < 4.78 is 19.8. The minimum absolute atomic E-state index is 0.00704. The van der Waals surface area contributed by atoms with E-state index in [0.29, 0.717) is 30.2 Å². The molecule has 0 fully saturated rings. The summed E-state index contributed by atoms with van der Waals surface area (Å²) in [4.78, 5) is 14.5. The molecular weight excluding hydrogens is 301 g/mol. The number of ether oxygens (including phenoxy) is 1. The van der Waals surface area contributed by atoms with Crippen LogP contribution in [0.15, 0.2) is 47.5 Å². The fourth-order valence-electron chi connectivity index (χ4n) is 2.34. The van der Waals surface area contributed by atoms with Gasteiger partial charge >= 0.3 is 0 Å². The topological polar surface area (TPSA) is 76.8 Å². The number of hydrogen-bond acceptors (Lipinski definition) is 5. The van der Waals surface area contributed by atoms with Gasteiger partial charge in [-0.2, -0.15) is 0 Å². The van der Waals surface area contributed by atoms with E-state index in [1.165, 1.54) is 18.2 Å². The van der Waals surface area contributed by atoms with E-state index in [1.807, 2.05) is 0 Å². The van der Waals surface area contributed by atoms with Crippen molar-refractivity contribution >= 4 is 11.5 Å². The number of nitrogens with zero attached hydrogens (tertiary/aromatic N) is 2. The number of nitrogens with one attached hydrogen (secondary N) is 1. The summed E-state index contributed by atoms with van der Waals surface area (Å²) in [6.07, 6.45) is 0. The van der Waals surface area contributed by atoms with Crippen LogP contribution in [0.5, 0.6) is 5.75 Å². The predicted molar refractivity (Wildman–Crippen MR) is 83.2 cm³/mol. The Kier molecular flexibility index (Phi) is 4.18. The van der Waals surface area contributed by atoms with Crippen LogP contribution in [-0.2, 0) is 6.61 Å². The summed E-state index contributed by atoms with van der Waals surface area (Å²) in [6, 6.07) is 10.7. The zero-order valence-corrected chi connectivity index (χ0v) is 12.2. The number of halogens is 1. The fourth-order valence-corrected chi connectivity index (χ4v) is 2.34. The lowest BCUT2D eigenvalue weighted by Gasteiger charge is -2.12. The number of nitro benzene ring substituents is 1. The van der Waals surface area contributed by atoms with Gasteiger partial charge in [0.15, 0.2) is 0 Å². The van der Waals surface area contributed by atoms with Crippen LogP contribution in [0.3, 0.4) is 0 Å². The van der Waals surface area contributed by atoms with E-state index in [9.17, 15) is 14.5 Å². The molecule has 3 rings (SSSR count). The number of aliphatic imine (C=N–C) groups is 1. The van der Waals surface area contributed by atoms with Gasteiger partial charge in [-0.1, -0.05) is 18.2 Å². The molecule has 1 N–H and O–H groups in total. The van der Waals surface area contributed by atoms with Gasteiger partial charge in [0, 0.05) is 18.7 Å². The molecule has 0 bridgehead atoms.